The van der Waals surface area contributed by atoms with Gasteiger partial charge in [0.15, 0.2) is 0 Å². The highest BCUT2D eigenvalue weighted by Crippen LogP contribution is 2.57. The number of furan rings is 1. The number of hydrazine groups is 1. The smallest absolute Gasteiger partial charge is 0.307 e. The normalized spacial score (nSPS) is 27.2. The van der Waals surface area contributed by atoms with Gasteiger partial charge in [0.1, 0.15) is 5.76 Å². The van der Waals surface area contributed by atoms with E-state index in [2.05, 4.69) is 10.9 Å². The zero-order valence-electron chi connectivity index (χ0n) is 14.5. The largest absolute Gasteiger partial charge is 0.481 e. The molecular weight excluding hydrogens is 324 g/mol. The number of carbonyl (C=O) groups is 3. The zero-order valence-corrected chi connectivity index (χ0v) is 14.5. The number of carboxylic acids is 1. The van der Waals surface area contributed by atoms with Gasteiger partial charge in [-0.3, -0.25) is 25.2 Å². The molecule has 0 radical (unpaired) electrons. The molecular formula is C18H22N2O5. The molecule has 25 heavy (non-hydrogen) atoms. The highest BCUT2D eigenvalue weighted by molar-refractivity contribution is 5.97. The van der Waals surface area contributed by atoms with Gasteiger partial charge in [-0.05, 0) is 51.5 Å². The van der Waals surface area contributed by atoms with Crippen molar-refractivity contribution >= 4 is 17.8 Å². The Bertz CT molecular complexity index is 759. The highest BCUT2D eigenvalue weighted by atomic mass is 16.4. The molecule has 0 aromatic carbocycles. The topological polar surface area (TPSA) is 109 Å². The van der Waals surface area contributed by atoms with Crippen molar-refractivity contribution in [2.45, 2.75) is 33.6 Å². The van der Waals surface area contributed by atoms with Crippen molar-refractivity contribution in [2.75, 3.05) is 0 Å². The SMILES string of the molecule is CC(C)=C1[C@H]2CC[C@H]1[C@@H](C(=O)O)[C@H]2C(=O)NNC(=O)c1ccoc1C. The van der Waals surface area contributed by atoms with Crippen molar-refractivity contribution < 1.29 is 23.9 Å². The van der Waals surface area contributed by atoms with Gasteiger partial charge in [-0.1, -0.05) is 11.1 Å². The van der Waals surface area contributed by atoms with Gasteiger partial charge in [0.05, 0.1) is 23.7 Å². The fourth-order valence-electron chi connectivity index (χ4n) is 4.49. The lowest BCUT2D eigenvalue weighted by atomic mass is 9.79. The molecule has 1 aromatic heterocycles. The Kier molecular flexibility index (Phi) is 4.41. The van der Waals surface area contributed by atoms with Crippen LogP contribution in [0.4, 0.5) is 0 Å². The average molecular weight is 346 g/mol. The van der Waals surface area contributed by atoms with Crippen LogP contribution in [0.5, 0.6) is 0 Å². The van der Waals surface area contributed by atoms with Crippen LogP contribution < -0.4 is 10.9 Å². The number of aliphatic carboxylic acids is 1. The molecule has 0 saturated heterocycles. The molecule has 1 aromatic rings. The second kappa shape index (κ2) is 6.38. The Labute approximate surface area is 145 Å². The maximum absolute atomic E-state index is 12.6. The summed E-state index contributed by atoms with van der Waals surface area (Å²) >= 11 is 0. The van der Waals surface area contributed by atoms with E-state index in [0.29, 0.717) is 11.3 Å². The average Bonchev–Trinajstić information content (AvgIpc) is 3.24. The van der Waals surface area contributed by atoms with Crippen molar-refractivity contribution in [3.8, 4) is 0 Å². The molecule has 7 heteroatoms. The lowest BCUT2D eigenvalue weighted by Crippen LogP contribution is -2.48. The third-order valence-electron chi connectivity index (χ3n) is 5.41. The van der Waals surface area contributed by atoms with Crippen LogP contribution in [0.25, 0.3) is 0 Å². The summed E-state index contributed by atoms with van der Waals surface area (Å²) in [5.41, 5.74) is 7.28. The first kappa shape index (κ1) is 17.3. The van der Waals surface area contributed by atoms with E-state index in [-0.39, 0.29) is 11.8 Å². The molecule has 2 saturated carbocycles. The van der Waals surface area contributed by atoms with Crippen LogP contribution in [0.2, 0.25) is 0 Å². The quantitative estimate of drug-likeness (QED) is 0.573. The number of amides is 2. The number of carboxylic acid groups (broad SMARTS) is 1. The van der Waals surface area contributed by atoms with Crippen LogP contribution >= 0.6 is 0 Å². The zero-order chi connectivity index (χ0) is 18.3. The van der Waals surface area contributed by atoms with Crippen molar-refractivity contribution in [2.24, 2.45) is 23.7 Å². The number of hydrogen-bond donors (Lipinski definition) is 3. The Morgan fingerprint density at radius 3 is 2.28 bits per heavy atom. The maximum atomic E-state index is 12.6. The van der Waals surface area contributed by atoms with Crippen LogP contribution in [0.3, 0.4) is 0 Å². The number of fused-ring (bicyclic) bond motifs is 2. The molecule has 0 aliphatic heterocycles. The second-order valence-corrected chi connectivity index (χ2v) is 6.97. The summed E-state index contributed by atoms with van der Waals surface area (Å²) in [5, 5.41) is 9.62. The minimum atomic E-state index is -0.955. The fourth-order valence-corrected chi connectivity index (χ4v) is 4.49. The molecule has 2 amide bonds. The van der Waals surface area contributed by atoms with Gasteiger partial charge in [0.2, 0.25) is 5.91 Å². The number of carbonyl (C=O) groups excluding carboxylic acids is 2. The van der Waals surface area contributed by atoms with Crippen LogP contribution in [-0.2, 0) is 9.59 Å². The summed E-state index contributed by atoms with van der Waals surface area (Å²) in [6.07, 6.45) is 3.00. The summed E-state index contributed by atoms with van der Waals surface area (Å²) in [6.45, 7) is 5.57. The van der Waals surface area contributed by atoms with Crippen molar-refractivity contribution in [3.63, 3.8) is 0 Å². The molecule has 3 N–H and O–H groups in total. The third-order valence-corrected chi connectivity index (χ3v) is 5.41. The lowest BCUT2D eigenvalue weighted by Gasteiger charge is -2.26. The molecule has 2 bridgehead atoms. The highest BCUT2D eigenvalue weighted by Gasteiger charge is 2.57. The van der Waals surface area contributed by atoms with E-state index in [1.807, 2.05) is 13.8 Å². The van der Waals surface area contributed by atoms with Crippen LogP contribution in [0.1, 0.15) is 42.8 Å². The third kappa shape index (κ3) is 2.83. The molecule has 2 aliphatic rings. The first-order valence-electron chi connectivity index (χ1n) is 8.37. The number of allylic oxidation sites excluding steroid dienone is 2. The molecule has 0 unspecified atom stereocenters. The summed E-state index contributed by atoms with van der Waals surface area (Å²) in [7, 11) is 0. The summed E-state index contributed by atoms with van der Waals surface area (Å²) in [4.78, 5) is 36.5. The molecule has 3 rings (SSSR count). The monoisotopic (exact) mass is 346 g/mol. The first-order valence-corrected chi connectivity index (χ1v) is 8.37. The minimum absolute atomic E-state index is 0.0661. The second-order valence-electron chi connectivity index (χ2n) is 6.97. The molecule has 2 fully saturated rings. The van der Waals surface area contributed by atoms with Crippen molar-refractivity contribution in [3.05, 3.63) is 34.8 Å². The lowest BCUT2D eigenvalue weighted by molar-refractivity contribution is -0.149. The van der Waals surface area contributed by atoms with Gasteiger partial charge >= 0.3 is 5.97 Å². The van der Waals surface area contributed by atoms with E-state index in [1.165, 1.54) is 12.3 Å². The van der Waals surface area contributed by atoms with Gasteiger partial charge < -0.3 is 9.52 Å². The van der Waals surface area contributed by atoms with E-state index in [0.717, 1.165) is 24.0 Å². The predicted octanol–water partition coefficient (Wildman–Crippen LogP) is 2.04. The van der Waals surface area contributed by atoms with Crippen LogP contribution in [-0.4, -0.2) is 22.9 Å². The number of aryl methyl sites for hydroxylation is 1. The molecule has 7 nitrogen and oxygen atoms in total. The summed E-state index contributed by atoms with van der Waals surface area (Å²) in [6, 6.07) is 1.51. The Morgan fingerprint density at radius 1 is 1.12 bits per heavy atom. The number of hydrogen-bond acceptors (Lipinski definition) is 4. The van der Waals surface area contributed by atoms with E-state index < -0.39 is 29.6 Å². The van der Waals surface area contributed by atoms with Crippen molar-refractivity contribution in [1.82, 2.24) is 10.9 Å². The first-order chi connectivity index (χ1) is 11.8. The summed E-state index contributed by atoms with van der Waals surface area (Å²) in [5.74, 6) is -3.00. The Balaban J connectivity index is 1.75. The van der Waals surface area contributed by atoms with Crippen LogP contribution in [0.15, 0.2) is 27.9 Å². The van der Waals surface area contributed by atoms with Crippen LogP contribution in [0, 0.1) is 30.6 Å². The molecule has 0 spiro atoms. The number of rotatable bonds is 3. The standard InChI is InChI=1S/C18H22N2O5/c1-8(2)13-11-4-5-12(13)15(18(23)24)14(11)17(22)20-19-16(21)10-6-7-25-9(10)3/h6-7,11-12,14-15H,4-5H2,1-3H3,(H,19,21)(H,20,22)(H,23,24)/t11-,12-,14+,15-/m1/s1. The summed E-state index contributed by atoms with van der Waals surface area (Å²) < 4.78 is 5.06. The van der Waals surface area contributed by atoms with Gasteiger partial charge in [-0.2, -0.15) is 0 Å². The van der Waals surface area contributed by atoms with Gasteiger partial charge in [-0.15, -0.1) is 0 Å². The minimum Gasteiger partial charge on any atom is -0.481 e. The molecule has 1 heterocycles. The molecule has 134 valence electrons. The fraction of sp³-hybridized carbons (Fsp3) is 0.500. The molecule has 4 atom stereocenters. The van der Waals surface area contributed by atoms with Gasteiger partial charge in [-0.25, -0.2) is 0 Å². The van der Waals surface area contributed by atoms with Gasteiger partial charge in [0, 0.05) is 0 Å². The maximum Gasteiger partial charge on any atom is 0.307 e. The van der Waals surface area contributed by atoms with E-state index in [9.17, 15) is 19.5 Å². The molecule has 2 aliphatic carbocycles. The number of nitrogens with one attached hydrogen (secondary N) is 2. The van der Waals surface area contributed by atoms with E-state index >= 15 is 0 Å². The van der Waals surface area contributed by atoms with E-state index in [1.54, 1.807) is 6.92 Å². The van der Waals surface area contributed by atoms with E-state index in [4.69, 9.17) is 4.42 Å². The Hall–Kier alpha value is -2.57. The Morgan fingerprint density at radius 2 is 1.76 bits per heavy atom. The van der Waals surface area contributed by atoms with Gasteiger partial charge in [0.25, 0.3) is 5.91 Å². The predicted molar refractivity (Wildman–Crippen MR) is 88.3 cm³/mol. The van der Waals surface area contributed by atoms with Crippen molar-refractivity contribution in [1.29, 1.82) is 0 Å².